The largest absolute Gasteiger partial charge is 0.467 e. The number of hydrogen-bond donors (Lipinski definition) is 2. The van der Waals surface area contributed by atoms with Gasteiger partial charge < -0.3 is 19.4 Å². The van der Waals surface area contributed by atoms with E-state index in [1.165, 1.54) is 0 Å². The molecule has 110 valence electrons. The molecule has 2 aromatic rings. The second-order valence-electron chi connectivity index (χ2n) is 5.04. The number of hydrogen-bond acceptors (Lipinski definition) is 4. The Labute approximate surface area is 119 Å². The summed E-state index contributed by atoms with van der Waals surface area (Å²) < 4.78 is 7.53. The van der Waals surface area contributed by atoms with E-state index in [0.717, 1.165) is 31.0 Å². The van der Waals surface area contributed by atoms with Gasteiger partial charge in [-0.1, -0.05) is 13.3 Å². The second kappa shape index (κ2) is 7.26. The Morgan fingerprint density at radius 3 is 2.90 bits per heavy atom. The first-order chi connectivity index (χ1) is 9.76. The minimum Gasteiger partial charge on any atom is -0.467 e. The van der Waals surface area contributed by atoms with E-state index >= 15 is 0 Å². The Morgan fingerprint density at radius 1 is 1.50 bits per heavy atom. The number of aromatic nitrogens is 2. The summed E-state index contributed by atoms with van der Waals surface area (Å²) in [6, 6.07) is 3.79. The summed E-state index contributed by atoms with van der Waals surface area (Å²) in [5.41, 5.74) is 0. The molecular formula is C15H23N3O2. The van der Waals surface area contributed by atoms with Crippen molar-refractivity contribution in [3.63, 3.8) is 0 Å². The van der Waals surface area contributed by atoms with Crippen molar-refractivity contribution in [1.82, 2.24) is 14.9 Å². The van der Waals surface area contributed by atoms with Crippen LogP contribution < -0.4 is 5.32 Å². The van der Waals surface area contributed by atoms with Crippen LogP contribution in [-0.4, -0.2) is 27.8 Å². The summed E-state index contributed by atoms with van der Waals surface area (Å²) in [6.45, 7) is 3.20. The molecule has 2 heterocycles. The van der Waals surface area contributed by atoms with E-state index in [0.29, 0.717) is 5.92 Å². The molecule has 0 saturated carbocycles. The topological polar surface area (TPSA) is 63.2 Å². The predicted molar refractivity (Wildman–Crippen MR) is 77.2 cm³/mol. The van der Waals surface area contributed by atoms with E-state index < -0.39 is 0 Å². The number of aryl methyl sites for hydroxylation is 1. The van der Waals surface area contributed by atoms with Crippen molar-refractivity contribution >= 4 is 0 Å². The van der Waals surface area contributed by atoms with Crippen molar-refractivity contribution in [2.24, 2.45) is 13.0 Å². The fourth-order valence-electron chi connectivity index (χ4n) is 2.35. The van der Waals surface area contributed by atoms with Crippen LogP contribution in [0.25, 0.3) is 0 Å². The summed E-state index contributed by atoms with van der Waals surface area (Å²) in [5.74, 6) is 2.25. The third-order valence-corrected chi connectivity index (χ3v) is 3.67. The monoisotopic (exact) mass is 277 g/mol. The molecule has 2 unspecified atom stereocenters. The fraction of sp³-hybridized carbons (Fsp3) is 0.533. The van der Waals surface area contributed by atoms with Crippen molar-refractivity contribution in [1.29, 1.82) is 0 Å². The summed E-state index contributed by atoms with van der Waals surface area (Å²) in [6.07, 6.45) is 7.25. The fourth-order valence-corrected chi connectivity index (χ4v) is 2.35. The van der Waals surface area contributed by atoms with Crippen LogP contribution in [0.1, 0.15) is 37.4 Å². The zero-order chi connectivity index (χ0) is 14.4. The van der Waals surface area contributed by atoms with Crippen LogP contribution in [0.3, 0.4) is 0 Å². The summed E-state index contributed by atoms with van der Waals surface area (Å²) in [4.78, 5) is 4.41. The summed E-state index contributed by atoms with van der Waals surface area (Å²) >= 11 is 0. The van der Waals surface area contributed by atoms with E-state index in [2.05, 4.69) is 17.2 Å². The Hall–Kier alpha value is -1.59. The van der Waals surface area contributed by atoms with Crippen LogP contribution in [0.15, 0.2) is 35.2 Å². The van der Waals surface area contributed by atoms with Crippen LogP contribution in [-0.2, 0) is 7.05 Å². The maximum atomic E-state index is 9.08. The van der Waals surface area contributed by atoms with E-state index in [9.17, 15) is 0 Å². The van der Waals surface area contributed by atoms with Crippen molar-refractivity contribution in [3.05, 3.63) is 42.4 Å². The molecule has 0 spiro atoms. The number of furan rings is 1. The molecule has 0 aromatic carbocycles. The Kier molecular flexibility index (Phi) is 5.38. The van der Waals surface area contributed by atoms with Gasteiger partial charge in [0.05, 0.1) is 6.26 Å². The predicted octanol–water partition coefficient (Wildman–Crippen LogP) is 2.10. The van der Waals surface area contributed by atoms with Crippen molar-refractivity contribution in [3.8, 4) is 0 Å². The highest BCUT2D eigenvalue weighted by Gasteiger charge is 2.21. The first kappa shape index (κ1) is 14.8. The van der Waals surface area contributed by atoms with Gasteiger partial charge in [0.2, 0.25) is 0 Å². The van der Waals surface area contributed by atoms with Crippen LogP contribution in [0.4, 0.5) is 0 Å². The van der Waals surface area contributed by atoms with Gasteiger partial charge >= 0.3 is 0 Å². The van der Waals surface area contributed by atoms with E-state index in [1.807, 2.05) is 29.9 Å². The number of aliphatic hydroxyl groups excluding tert-OH is 1. The SMILES string of the molecule is CCC(CCO)CNC(c1ccco1)c1nccn1C. The molecule has 0 amide bonds. The number of imidazole rings is 1. The van der Waals surface area contributed by atoms with Crippen molar-refractivity contribution < 1.29 is 9.52 Å². The lowest BCUT2D eigenvalue weighted by Crippen LogP contribution is -2.30. The molecular weight excluding hydrogens is 254 g/mol. The highest BCUT2D eigenvalue weighted by Crippen LogP contribution is 2.21. The second-order valence-corrected chi connectivity index (χ2v) is 5.04. The quantitative estimate of drug-likeness (QED) is 0.775. The molecule has 0 aliphatic carbocycles. The smallest absolute Gasteiger partial charge is 0.133 e. The molecule has 0 radical (unpaired) electrons. The van der Waals surface area contributed by atoms with E-state index in [1.54, 1.807) is 12.5 Å². The average molecular weight is 277 g/mol. The van der Waals surface area contributed by atoms with Crippen LogP contribution in [0, 0.1) is 5.92 Å². The molecule has 0 aliphatic heterocycles. The van der Waals surface area contributed by atoms with Crippen LogP contribution in [0.2, 0.25) is 0 Å². The molecule has 2 aromatic heterocycles. The molecule has 2 N–H and O–H groups in total. The van der Waals surface area contributed by atoms with Gasteiger partial charge in [-0.2, -0.15) is 0 Å². The zero-order valence-corrected chi connectivity index (χ0v) is 12.1. The molecule has 0 fully saturated rings. The Morgan fingerprint density at radius 2 is 2.35 bits per heavy atom. The van der Waals surface area contributed by atoms with E-state index in [-0.39, 0.29) is 12.6 Å². The van der Waals surface area contributed by atoms with Gasteiger partial charge in [0.1, 0.15) is 17.6 Å². The number of aliphatic hydroxyl groups is 1. The standard InChI is InChI=1S/C15H23N3O2/c1-3-12(6-9-19)11-17-14(13-5-4-10-20-13)15-16-7-8-18(15)2/h4-5,7-8,10,12,14,17,19H,3,6,9,11H2,1-2H3. The molecule has 5 heteroatoms. The maximum Gasteiger partial charge on any atom is 0.133 e. The highest BCUT2D eigenvalue weighted by molar-refractivity contribution is 5.15. The van der Waals surface area contributed by atoms with Gasteiger partial charge in [-0.25, -0.2) is 4.98 Å². The van der Waals surface area contributed by atoms with Gasteiger partial charge in [-0.3, -0.25) is 0 Å². The molecule has 5 nitrogen and oxygen atoms in total. The van der Waals surface area contributed by atoms with Gasteiger partial charge in [0.15, 0.2) is 0 Å². The molecule has 0 saturated heterocycles. The first-order valence-electron chi connectivity index (χ1n) is 7.11. The molecule has 2 atom stereocenters. The van der Waals surface area contributed by atoms with Gasteiger partial charge in [-0.05, 0) is 31.0 Å². The molecule has 0 aliphatic rings. The lowest BCUT2D eigenvalue weighted by atomic mass is 10.0. The minimum absolute atomic E-state index is 0.0576. The number of nitrogens with one attached hydrogen (secondary N) is 1. The lowest BCUT2D eigenvalue weighted by Gasteiger charge is -2.20. The third-order valence-electron chi connectivity index (χ3n) is 3.67. The molecule has 0 bridgehead atoms. The van der Waals surface area contributed by atoms with E-state index in [4.69, 9.17) is 9.52 Å². The van der Waals surface area contributed by atoms with Crippen molar-refractivity contribution in [2.45, 2.75) is 25.8 Å². The van der Waals surface area contributed by atoms with Gasteiger partial charge in [-0.15, -0.1) is 0 Å². The highest BCUT2D eigenvalue weighted by atomic mass is 16.3. The third kappa shape index (κ3) is 3.49. The summed E-state index contributed by atoms with van der Waals surface area (Å²) in [5, 5.41) is 12.6. The Balaban J connectivity index is 2.10. The number of rotatable bonds is 8. The molecule has 20 heavy (non-hydrogen) atoms. The van der Waals surface area contributed by atoms with Crippen molar-refractivity contribution in [2.75, 3.05) is 13.2 Å². The summed E-state index contributed by atoms with van der Waals surface area (Å²) in [7, 11) is 1.98. The van der Waals surface area contributed by atoms with Crippen LogP contribution in [0.5, 0.6) is 0 Å². The zero-order valence-electron chi connectivity index (χ0n) is 12.1. The van der Waals surface area contributed by atoms with Crippen LogP contribution >= 0.6 is 0 Å². The maximum absolute atomic E-state index is 9.08. The normalized spacial score (nSPS) is 14.3. The lowest BCUT2D eigenvalue weighted by molar-refractivity contribution is 0.248. The Bertz CT molecular complexity index is 493. The number of nitrogens with zero attached hydrogens (tertiary/aromatic N) is 2. The van der Waals surface area contributed by atoms with Gasteiger partial charge in [0.25, 0.3) is 0 Å². The first-order valence-corrected chi connectivity index (χ1v) is 7.11. The molecule has 2 rings (SSSR count). The minimum atomic E-state index is -0.0576. The van der Waals surface area contributed by atoms with Gasteiger partial charge in [0, 0.05) is 26.0 Å². The average Bonchev–Trinajstić information content (AvgIpc) is 3.10.